The summed E-state index contributed by atoms with van der Waals surface area (Å²) in [4.78, 5) is 29.2. The van der Waals surface area contributed by atoms with Crippen LogP contribution in [0.3, 0.4) is 0 Å². The van der Waals surface area contributed by atoms with Crippen LogP contribution >= 0.6 is 11.6 Å². The number of carbonyl (C=O) groups is 1. The van der Waals surface area contributed by atoms with Gasteiger partial charge < -0.3 is 10.7 Å². The minimum Gasteiger partial charge on any atom is -0.385 e. The number of fused-ring (bicyclic) bond motifs is 1. The molecule has 1 aromatic carbocycles. The van der Waals surface area contributed by atoms with Gasteiger partial charge in [-0.15, -0.1) is 0 Å². The number of nitrogens with one attached hydrogen (secondary N) is 1. The first-order chi connectivity index (χ1) is 10.1. The Morgan fingerprint density at radius 1 is 1.29 bits per heavy atom. The Balaban J connectivity index is 2.08. The number of ketones is 1. The van der Waals surface area contributed by atoms with E-state index in [1.54, 1.807) is 18.2 Å². The summed E-state index contributed by atoms with van der Waals surface area (Å²) in [5.41, 5.74) is 5.92. The van der Waals surface area contributed by atoms with Gasteiger partial charge in [0.2, 0.25) is 0 Å². The van der Waals surface area contributed by atoms with Crippen LogP contribution in [0.4, 0.5) is 5.82 Å². The Morgan fingerprint density at radius 2 is 2.00 bits per heavy atom. The lowest BCUT2D eigenvalue weighted by atomic mass is 10.0. The minimum atomic E-state index is -0.331. The zero-order chi connectivity index (χ0) is 15.0. The van der Waals surface area contributed by atoms with Gasteiger partial charge in [-0.2, -0.15) is 0 Å². The average molecular weight is 306 g/mol. The van der Waals surface area contributed by atoms with E-state index in [1.165, 1.54) is 0 Å². The third-order valence-electron chi connectivity index (χ3n) is 3.86. The Morgan fingerprint density at radius 3 is 2.71 bits per heavy atom. The molecule has 110 valence electrons. The molecule has 2 aromatic rings. The summed E-state index contributed by atoms with van der Waals surface area (Å²) >= 11 is 5.92. The molecule has 3 rings (SSSR count). The first kappa shape index (κ1) is 14.1. The van der Waals surface area contributed by atoms with Crippen LogP contribution in [0, 0.1) is 0 Å². The standard InChI is InChI=1S/C15H16ClN3O2/c16-9-3-4-10-11(7-9)15(21)18-14(17)13(10)12(20)8-19-5-1-2-6-19/h3-4,7H,1-2,5-6,8H2,(H3,17,18,21). The van der Waals surface area contributed by atoms with E-state index in [1.807, 2.05) is 0 Å². The number of nitrogen functional groups attached to an aromatic ring is 1. The van der Waals surface area contributed by atoms with Crippen molar-refractivity contribution in [3.8, 4) is 0 Å². The van der Waals surface area contributed by atoms with E-state index in [9.17, 15) is 9.59 Å². The quantitative estimate of drug-likeness (QED) is 0.851. The van der Waals surface area contributed by atoms with Crippen LogP contribution in [0.25, 0.3) is 10.8 Å². The van der Waals surface area contributed by atoms with Crippen LogP contribution in [-0.4, -0.2) is 35.3 Å². The molecule has 0 unspecified atom stereocenters. The molecule has 0 amide bonds. The van der Waals surface area contributed by atoms with Crippen LogP contribution in [0.2, 0.25) is 5.02 Å². The molecule has 2 heterocycles. The van der Waals surface area contributed by atoms with E-state index < -0.39 is 0 Å². The third-order valence-corrected chi connectivity index (χ3v) is 4.09. The van der Waals surface area contributed by atoms with Crippen molar-refractivity contribution < 1.29 is 4.79 Å². The van der Waals surface area contributed by atoms with E-state index in [2.05, 4.69) is 9.88 Å². The lowest BCUT2D eigenvalue weighted by Crippen LogP contribution is -2.28. The summed E-state index contributed by atoms with van der Waals surface area (Å²) in [5, 5.41) is 1.40. The molecule has 0 bridgehead atoms. The molecule has 3 N–H and O–H groups in total. The second-order valence-corrected chi connectivity index (χ2v) is 5.78. The highest BCUT2D eigenvalue weighted by molar-refractivity contribution is 6.31. The highest BCUT2D eigenvalue weighted by atomic mass is 35.5. The zero-order valence-electron chi connectivity index (χ0n) is 11.5. The van der Waals surface area contributed by atoms with E-state index in [0.717, 1.165) is 25.9 Å². The number of nitrogens with zero attached hydrogens (tertiary/aromatic N) is 1. The van der Waals surface area contributed by atoms with Gasteiger partial charge in [0.25, 0.3) is 5.56 Å². The second kappa shape index (κ2) is 5.50. The number of pyridine rings is 1. The Labute approximate surface area is 126 Å². The van der Waals surface area contributed by atoms with Gasteiger partial charge in [-0.1, -0.05) is 17.7 Å². The molecule has 0 saturated carbocycles. The third kappa shape index (κ3) is 2.66. The van der Waals surface area contributed by atoms with Crippen LogP contribution in [0.5, 0.6) is 0 Å². The number of hydrogen-bond donors (Lipinski definition) is 2. The van der Waals surface area contributed by atoms with E-state index in [4.69, 9.17) is 17.3 Å². The number of rotatable bonds is 3. The fraction of sp³-hybridized carbons (Fsp3) is 0.333. The number of Topliss-reactive ketones (excluding diaryl/α,β-unsaturated/α-hetero) is 1. The molecule has 1 aliphatic heterocycles. The maximum atomic E-state index is 12.6. The molecule has 1 saturated heterocycles. The molecule has 0 atom stereocenters. The minimum absolute atomic E-state index is 0.0713. The summed E-state index contributed by atoms with van der Waals surface area (Å²) in [6.07, 6.45) is 2.23. The maximum Gasteiger partial charge on any atom is 0.257 e. The number of hydrogen-bond acceptors (Lipinski definition) is 4. The van der Waals surface area contributed by atoms with Gasteiger partial charge in [-0.3, -0.25) is 14.5 Å². The average Bonchev–Trinajstić information content (AvgIpc) is 2.92. The van der Waals surface area contributed by atoms with Crippen LogP contribution in [0.15, 0.2) is 23.0 Å². The molecule has 0 aliphatic carbocycles. The number of aromatic nitrogens is 1. The van der Waals surface area contributed by atoms with Crippen molar-refractivity contribution in [1.29, 1.82) is 0 Å². The number of carbonyl (C=O) groups excluding carboxylic acids is 1. The molecular weight excluding hydrogens is 290 g/mol. The SMILES string of the molecule is Nc1[nH]c(=O)c2cc(Cl)ccc2c1C(=O)CN1CCCC1. The first-order valence-electron chi connectivity index (χ1n) is 6.93. The summed E-state index contributed by atoms with van der Waals surface area (Å²) < 4.78 is 0. The Kier molecular flexibility index (Phi) is 3.69. The monoisotopic (exact) mass is 305 g/mol. The van der Waals surface area contributed by atoms with Crippen LogP contribution < -0.4 is 11.3 Å². The fourth-order valence-corrected chi connectivity index (χ4v) is 3.01. The van der Waals surface area contributed by atoms with Gasteiger partial charge in [0, 0.05) is 15.8 Å². The Hall–Kier alpha value is -1.85. The number of aromatic amines is 1. The largest absolute Gasteiger partial charge is 0.385 e. The molecule has 6 heteroatoms. The number of H-pyrrole nitrogens is 1. The number of likely N-dealkylation sites (tertiary alicyclic amines) is 1. The van der Waals surface area contributed by atoms with Crippen molar-refractivity contribution >= 4 is 34.0 Å². The van der Waals surface area contributed by atoms with Gasteiger partial charge in [0.15, 0.2) is 5.78 Å². The lowest BCUT2D eigenvalue weighted by molar-refractivity contribution is 0.0947. The number of nitrogens with two attached hydrogens (primary N) is 1. The van der Waals surface area contributed by atoms with Gasteiger partial charge in [0.05, 0.1) is 12.1 Å². The predicted molar refractivity (Wildman–Crippen MR) is 84.0 cm³/mol. The van der Waals surface area contributed by atoms with E-state index in [-0.39, 0.29) is 17.2 Å². The van der Waals surface area contributed by atoms with Crippen molar-refractivity contribution in [1.82, 2.24) is 9.88 Å². The zero-order valence-corrected chi connectivity index (χ0v) is 12.2. The van der Waals surface area contributed by atoms with E-state index >= 15 is 0 Å². The predicted octanol–water partition coefficient (Wildman–Crippen LogP) is 2.04. The second-order valence-electron chi connectivity index (χ2n) is 5.34. The number of benzene rings is 1. The van der Waals surface area contributed by atoms with E-state index in [0.29, 0.717) is 27.9 Å². The fourth-order valence-electron chi connectivity index (χ4n) is 2.84. The first-order valence-corrected chi connectivity index (χ1v) is 7.30. The smallest absolute Gasteiger partial charge is 0.257 e. The molecule has 0 spiro atoms. The van der Waals surface area contributed by atoms with Gasteiger partial charge >= 0.3 is 0 Å². The lowest BCUT2D eigenvalue weighted by Gasteiger charge is -2.15. The molecule has 21 heavy (non-hydrogen) atoms. The Bertz CT molecular complexity index is 763. The highest BCUT2D eigenvalue weighted by Crippen LogP contribution is 2.24. The van der Waals surface area contributed by atoms with Gasteiger partial charge in [-0.05, 0) is 38.1 Å². The van der Waals surface area contributed by atoms with Gasteiger partial charge in [0.1, 0.15) is 5.82 Å². The van der Waals surface area contributed by atoms with Gasteiger partial charge in [-0.25, -0.2) is 0 Å². The molecule has 1 fully saturated rings. The summed E-state index contributed by atoms with van der Waals surface area (Å²) in [5.74, 6) is 0.0528. The van der Waals surface area contributed by atoms with Crippen LogP contribution in [-0.2, 0) is 0 Å². The van der Waals surface area contributed by atoms with Crippen molar-refractivity contribution in [2.24, 2.45) is 0 Å². The number of anilines is 1. The maximum absolute atomic E-state index is 12.6. The molecular formula is C15H16ClN3O2. The normalized spacial score (nSPS) is 15.7. The molecule has 0 radical (unpaired) electrons. The molecule has 1 aliphatic rings. The van der Waals surface area contributed by atoms with Crippen molar-refractivity contribution in [2.45, 2.75) is 12.8 Å². The van der Waals surface area contributed by atoms with Crippen molar-refractivity contribution in [2.75, 3.05) is 25.4 Å². The summed E-state index contributed by atoms with van der Waals surface area (Å²) in [7, 11) is 0. The summed E-state index contributed by atoms with van der Waals surface area (Å²) in [6, 6.07) is 4.90. The molecule has 5 nitrogen and oxygen atoms in total. The molecule has 1 aromatic heterocycles. The number of halogens is 1. The van der Waals surface area contributed by atoms with Crippen molar-refractivity contribution in [3.05, 3.63) is 39.1 Å². The van der Waals surface area contributed by atoms with Crippen LogP contribution in [0.1, 0.15) is 23.2 Å². The topological polar surface area (TPSA) is 79.2 Å². The summed E-state index contributed by atoms with van der Waals surface area (Å²) in [6.45, 7) is 2.19. The highest BCUT2D eigenvalue weighted by Gasteiger charge is 2.21. The van der Waals surface area contributed by atoms with Crippen molar-refractivity contribution in [3.63, 3.8) is 0 Å².